The molecule has 0 spiro atoms. The highest BCUT2D eigenvalue weighted by Crippen LogP contribution is 2.55. The van der Waals surface area contributed by atoms with Gasteiger partial charge in [-0.3, -0.25) is 14.6 Å². The molecule has 1 aliphatic rings. The summed E-state index contributed by atoms with van der Waals surface area (Å²) in [7, 11) is 0. The first-order chi connectivity index (χ1) is 15.9. The molecule has 1 aliphatic heterocycles. The van der Waals surface area contributed by atoms with Gasteiger partial charge in [-0.1, -0.05) is 35.3 Å². The van der Waals surface area contributed by atoms with Crippen LogP contribution in [0.4, 0.5) is 18.9 Å². The van der Waals surface area contributed by atoms with E-state index in [0.717, 1.165) is 17.0 Å². The maximum Gasteiger partial charge on any atom is 0.573 e. The van der Waals surface area contributed by atoms with Crippen LogP contribution in [0.3, 0.4) is 0 Å². The molecule has 1 saturated heterocycles. The number of pyridine rings is 1. The number of benzene rings is 2. The lowest BCUT2D eigenvalue weighted by atomic mass is 9.60. The minimum Gasteiger partial charge on any atom is -0.406 e. The number of aromatic nitrogens is 1. The number of hydrogen-bond acceptors (Lipinski definition) is 4. The highest BCUT2D eigenvalue weighted by Gasteiger charge is 2.66. The number of halogens is 5. The van der Waals surface area contributed by atoms with E-state index in [2.05, 4.69) is 9.72 Å². The Hall–Kier alpha value is -3.10. The van der Waals surface area contributed by atoms with Gasteiger partial charge in [0.1, 0.15) is 11.2 Å². The minimum absolute atomic E-state index is 0.188. The Morgan fingerprint density at radius 2 is 1.38 bits per heavy atom. The van der Waals surface area contributed by atoms with Crippen molar-refractivity contribution in [3.8, 4) is 5.75 Å². The fourth-order valence-corrected chi connectivity index (χ4v) is 5.03. The van der Waals surface area contributed by atoms with Crippen molar-refractivity contribution in [3.05, 3.63) is 88.2 Å². The second kappa shape index (κ2) is 8.29. The number of nitrogens with zero attached hydrogens (tertiary/aromatic N) is 2. The second-order valence-electron chi connectivity index (χ2n) is 8.26. The number of hydrogen-bond donors (Lipinski definition) is 0. The molecule has 0 N–H and O–H groups in total. The summed E-state index contributed by atoms with van der Waals surface area (Å²) in [6.07, 6.45) is -1.92. The summed E-state index contributed by atoms with van der Waals surface area (Å²) in [6, 6.07) is 12.5. The van der Waals surface area contributed by atoms with Crippen LogP contribution in [0.15, 0.2) is 67.0 Å². The molecule has 2 aromatic carbocycles. The third-order valence-corrected chi connectivity index (χ3v) is 6.38. The van der Waals surface area contributed by atoms with E-state index < -0.39 is 34.8 Å². The average Bonchev–Trinajstić information content (AvgIpc) is 2.90. The lowest BCUT2D eigenvalue weighted by Gasteiger charge is -2.37. The van der Waals surface area contributed by atoms with Gasteiger partial charge in [-0.15, -0.1) is 13.2 Å². The predicted molar refractivity (Wildman–Crippen MR) is 121 cm³/mol. The zero-order chi connectivity index (χ0) is 24.9. The van der Waals surface area contributed by atoms with E-state index in [1.165, 1.54) is 42.7 Å². The van der Waals surface area contributed by atoms with Crippen LogP contribution in [-0.4, -0.2) is 23.2 Å². The lowest BCUT2D eigenvalue weighted by Crippen LogP contribution is -2.46. The Labute approximate surface area is 203 Å². The van der Waals surface area contributed by atoms with Crippen molar-refractivity contribution in [1.29, 1.82) is 0 Å². The molecule has 1 fully saturated rings. The number of rotatable bonds is 4. The van der Waals surface area contributed by atoms with Crippen LogP contribution in [-0.2, 0) is 15.0 Å². The van der Waals surface area contributed by atoms with Crippen molar-refractivity contribution in [3.63, 3.8) is 0 Å². The molecule has 1 atom stereocenters. The van der Waals surface area contributed by atoms with Crippen molar-refractivity contribution in [2.45, 2.75) is 25.6 Å². The number of carbonyl (C=O) groups is 2. The standard InChI is InChI=1S/C24H17Cl2F3N2O3/c1-22(2)20(32)31(18-12-16(25)11-17(26)13-18)21(33)23(22,15-7-9-30-10-8-15)14-3-5-19(6-4-14)34-24(27,28)29/h3-13H,1-2H3/t23-/m1/s1. The first-order valence-electron chi connectivity index (χ1n) is 10.00. The summed E-state index contributed by atoms with van der Waals surface area (Å²) >= 11 is 12.2. The van der Waals surface area contributed by atoms with Crippen LogP contribution in [0, 0.1) is 5.41 Å². The Morgan fingerprint density at radius 3 is 1.91 bits per heavy atom. The SMILES string of the molecule is CC1(C)C(=O)N(c2cc(Cl)cc(Cl)c2)C(=O)[C@]1(c1ccncc1)c1ccc(OC(F)(F)F)cc1. The predicted octanol–water partition coefficient (Wildman–Crippen LogP) is 6.17. The fourth-order valence-electron chi connectivity index (χ4n) is 4.51. The molecule has 34 heavy (non-hydrogen) atoms. The van der Waals surface area contributed by atoms with E-state index in [1.54, 1.807) is 26.0 Å². The number of carbonyl (C=O) groups excluding carboxylic acids is 2. The second-order valence-corrected chi connectivity index (χ2v) is 9.13. The molecule has 0 radical (unpaired) electrons. The van der Waals surface area contributed by atoms with E-state index in [-0.39, 0.29) is 15.7 Å². The van der Waals surface area contributed by atoms with Gasteiger partial charge in [0.15, 0.2) is 0 Å². The van der Waals surface area contributed by atoms with Gasteiger partial charge in [-0.2, -0.15) is 0 Å². The van der Waals surface area contributed by atoms with Crippen LogP contribution in [0.1, 0.15) is 25.0 Å². The van der Waals surface area contributed by atoms with Crippen molar-refractivity contribution in [2.75, 3.05) is 4.90 Å². The normalized spacial score (nSPS) is 20.0. The molecular formula is C24H17Cl2F3N2O3. The topological polar surface area (TPSA) is 59.5 Å². The van der Waals surface area contributed by atoms with Crippen LogP contribution in [0.25, 0.3) is 0 Å². The third kappa shape index (κ3) is 3.80. The Morgan fingerprint density at radius 1 is 0.853 bits per heavy atom. The third-order valence-electron chi connectivity index (χ3n) is 5.94. The lowest BCUT2D eigenvalue weighted by molar-refractivity contribution is -0.274. The molecule has 10 heteroatoms. The molecule has 1 aromatic heterocycles. The number of imide groups is 1. The molecule has 4 rings (SSSR count). The van der Waals surface area contributed by atoms with E-state index in [0.29, 0.717) is 11.1 Å². The quantitative estimate of drug-likeness (QED) is 0.395. The van der Waals surface area contributed by atoms with Gasteiger partial charge in [0.25, 0.3) is 0 Å². The van der Waals surface area contributed by atoms with E-state index >= 15 is 0 Å². The number of anilines is 1. The molecule has 176 valence electrons. The van der Waals surface area contributed by atoms with Crippen LogP contribution in [0.5, 0.6) is 5.75 Å². The molecular weight excluding hydrogens is 492 g/mol. The van der Waals surface area contributed by atoms with Gasteiger partial charge in [-0.05, 0) is 67.4 Å². The maximum absolute atomic E-state index is 14.2. The molecule has 2 heterocycles. The summed E-state index contributed by atoms with van der Waals surface area (Å²) < 4.78 is 42.0. The van der Waals surface area contributed by atoms with Gasteiger partial charge in [0.05, 0.1) is 11.1 Å². The average molecular weight is 509 g/mol. The van der Waals surface area contributed by atoms with E-state index in [4.69, 9.17) is 23.2 Å². The first kappa shape index (κ1) is 24.0. The minimum atomic E-state index is -4.87. The number of ether oxygens (including phenoxy) is 1. The van der Waals surface area contributed by atoms with Gasteiger partial charge >= 0.3 is 6.36 Å². The van der Waals surface area contributed by atoms with Crippen molar-refractivity contribution in [2.24, 2.45) is 5.41 Å². The van der Waals surface area contributed by atoms with Crippen LogP contribution >= 0.6 is 23.2 Å². The largest absolute Gasteiger partial charge is 0.573 e. The monoisotopic (exact) mass is 508 g/mol. The van der Waals surface area contributed by atoms with Gasteiger partial charge < -0.3 is 4.74 Å². The zero-order valence-corrected chi connectivity index (χ0v) is 19.4. The molecule has 3 aromatic rings. The van der Waals surface area contributed by atoms with E-state index in [9.17, 15) is 22.8 Å². The molecule has 0 saturated carbocycles. The van der Waals surface area contributed by atoms with Gasteiger partial charge in [0.2, 0.25) is 11.8 Å². The van der Waals surface area contributed by atoms with Gasteiger partial charge in [0, 0.05) is 22.4 Å². The maximum atomic E-state index is 14.2. The first-order valence-corrected chi connectivity index (χ1v) is 10.8. The van der Waals surface area contributed by atoms with Crippen LogP contribution in [0.2, 0.25) is 10.0 Å². The number of amides is 2. The van der Waals surface area contributed by atoms with Crippen molar-refractivity contribution < 1.29 is 27.5 Å². The summed E-state index contributed by atoms with van der Waals surface area (Å²) in [6.45, 7) is 3.22. The molecule has 5 nitrogen and oxygen atoms in total. The Bertz CT molecular complexity index is 1240. The number of alkyl halides is 3. The molecule has 0 unspecified atom stereocenters. The summed E-state index contributed by atoms with van der Waals surface area (Å²) in [5.41, 5.74) is -1.99. The molecule has 0 aliphatic carbocycles. The zero-order valence-electron chi connectivity index (χ0n) is 17.9. The van der Waals surface area contributed by atoms with Crippen LogP contribution < -0.4 is 9.64 Å². The van der Waals surface area contributed by atoms with Crippen molar-refractivity contribution >= 4 is 40.7 Å². The molecule has 0 bridgehead atoms. The smallest absolute Gasteiger partial charge is 0.406 e. The Kier molecular flexibility index (Phi) is 5.86. The fraction of sp³-hybridized carbons (Fsp3) is 0.208. The van der Waals surface area contributed by atoms with Gasteiger partial charge in [-0.25, -0.2) is 4.90 Å². The summed E-state index contributed by atoms with van der Waals surface area (Å²) in [5, 5.41) is 0.465. The van der Waals surface area contributed by atoms with E-state index in [1.807, 2.05) is 0 Å². The highest BCUT2D eigenvalue weighted by molar-refractivity contribution is 6.36. The summed E-state index contributed by atoms with van der Waals surface area (Å²) in [4.78, 5) is 32.9. The summed E-state index contributed by atoms with van der Waals surface area (Å²) in [5.74, 6) is -1.58. The highest BCUT2D eigenvalue weighted by atomic mass is 35.5. The van der Waals surface area contributed by atoms with Crippen molar-refractivity contribution in [1.82, 2.24) is 4.98 Å². The molecule has 2 amide bonds. The Balaban J connectivity index is 1.95.